The van der Waals surface area contributed by atoms with Gasteiger partial charge in [0.25, 0.3) is 5.69 Å². The molecule has 154 valence electrons. The molecule has 3 aromatic rings. The minimum Gasteiger partial charge on any atom is -0.348 e. The number of nitrogens with zero attached hydrogens (tertiary/aromatic N) is 3. The molecular weight excluding hydrogens is 396 g/mol. The maximum Gasteiger partial charge on any atom is 0.269 e. The highest BCUT2D eigenvalue weighted by Crippen LogP contribution is 2.35. The van der Waals surface area contributed by atoms with Gasteiger partial charge in [-0.3, -0.25) is 10.1 Å². The van der Waals surface area contributed by atoms with E-state index < -0.39 is 0 Å². The zero-order valence-corrected chi connectivity index (χ0v) is 17.9. The highest BCUT2D eigenvalue weighted by atomic mass is 32.1. The van der Waals surface area contributed by atoms with Gasteiger partial charge in [0.05, 0.1) is 11.0 Å². The molecule has 0 radical (unpaired) electrons. The predicted molar refractivity (Wildman–Crippen MR) is 123 cm³/mol. The van der Waals surface area contributed by atoms with Gasteiger partial charge in [0.15, 0.2) is 5.11 Å². The molecule has 1 atom stereocenters. The lowest BCUT2D eigenvalue weighted by Crippen LogP contribution is -2.44. The quantitative estimate of drug-likeness (QED) is 0.363. The highest BCUT2D eigenvalue weighted by molar-refractivity contribution is 7.80. The molecule has 1 aliphatic rings. The summed E-state index contributed by atoms with van der Waals surface area (Å²) in [7, 11) is 0. The third-order valence-electron chi connectivity index (χ3n) is 5.67. The molecule has 0 saturated heterocycles. The van der Waals surface area contributed by atoms with Crippen molar-refractivity contribution in [1.29, 1.82) is 0 Å². The van der Waals surface area contributed by atoms with Crippen LogP contribution in [-0.2, 0) is 13.0 Å². The average molecular weight is 421 g/mol. The molecule has 7 heteroatoms. The van der Waals surface area contributed by atoms with E-state index in [0.717, 1.165) is 35.5 Å². The molecule has 4 rings (SSSR count). The van der Waals surface area contributed by atoms with Crippen LogP contribution in [0.5, 0.6) is 0 Å². The first kappa shape index (κ1) is 20.1. The van der Waals surface area contributed by atoms with Crippen LogP contribution in [0.1, 0.15) is 35.3 Å². The summed E-state index contributed by atoms with van der Waals surface area (Å²) in [6.07, 6.45) is 2.95. The van der Waals surface area contributed by atoms with Gasteiger partial charge in [-0.1, -0.05) is 37.3 Å². The Morgan fingerprint density at radius 2 is 2.00 bits per heavy atom. The maximum absolute atomic E-state index is 11.3. The second-order valence-corrected chi connectivity index (χ2v) is 7.85. The number of fused-ring (bicyclic) bond motifs is 1. The summed E-state index contributed by atoms with van der Waals surface area (Å²) in [6, 6.07) is 17.0. The van der Waals surface area contributed by atoms with Crippen molar-refractivity contribution in [3.05, 3.63) is 93.3 Å². The number of hydrogen-bond donors (Lipinski definition) is 1. The fourth-order valence-corrected chi connectivity index (χ4v) is 4.44. The third kappa shape index (κ3) is 3.68. The van der Waals surface area contributed by atoms with Crippen LogP contribution in [0.2, 0.25) is 0 Å². The summed E-state index contributed by atoms with van der Waals surface area (Å²) in [4.78, 5) is 13.1. The first-order chi connectivity index (χ1) is 14.5. The third-order valence-corrected chi connectivity index (χ3v) is 6.00. The molecule has 0 amide bonds. The number of aromatic nitrogens is 1. The van der Waals surface area contributed by atoms with E-state index in [-0.39, 0.29) is 16.7 Å². The predicted octanol–water partition coefficient (Wildman–Crippen LogP) is 5.07. The lowest BCUT2D eigenvalue weighted by Gasteiger charge is -2.39. The molecule has 0 saturated carbocycles. The summed E-state index contributed by atoms with van der Waals surface area (Å²) in [5, 5.41) is 15.4. The van der Waals surface area contributed by atoms with Gasteiger partial charge in [-0.25, -0.2) is 0 Å². The van der Waals surface area contributed by atoms with Crippen LogP contribution >= 0.6 is 12.2 Å². The van der Waals surface area contributed by atoms with Crippen molar-refractivity contribution in [2.75, 3.05) is 11.9 Å². The summed E-state index contributed by atoms with van der Waals surface area (Å²) in [5.74, 6) is 0. The molecule has 0 aliphatic carbocycles. The Labute approximate surface area is 181 Å². The summed E-state index contributed by atoms with van der Waals surface area (Å²) in [5.41, 5.74) is 5.42. The Balaban J connectivity index is 1.73. The molecule has 0 unspecified atom stereocenters. The van der Waals surface area contributed by atoms with Crippen molar-refractivity contribution in [1.82, 2.24) is 9.47 Å². The van der Waals surface area contributed by atoms with Crippen molar-refractivity contribution in [3.8, 4) is 0 Å². The van der Waals surface area contributed by atoms with Gasteiger partial charge >= 0.3 is 0 Å². The van der Waals surface area contributed by atoms with E-state index in [0.29, 0.717) is 11.7 Å². The van der Waals surface area contributed by atoms with Crippen LogP contribution in [-0.4, -0.2) is 26.0 Å². The zero-order chi connectivity index (χ0) is 21.3. The van der Waals surface area contributed by atoms with E-state index in [1.54, 1.807) is 12.1 Å². The Kier molecular flexibility index (Phi) is 5.55. The van der Waals surface area contributed by atoms with Gasteiger partial charge in [-0.05, 0) is 54.4 Å². The number of nitro benzene ring substituents is 1. The molecule has 6 nitrogen and oxygen atoms in total. The van der Waals surface area contributed by atoms with Gasteiger partial charge in [-0.15, -0.1) is 0 Å². The number of thiocarbonyl (C=S) groups is 1. The molecule has 1 N–H and O–H groups in total. The molecule has 1 aromatic heterocycles. The Morgan fingerprint density at radius 3 is 2.77 bits per heavy atom. The largest absolute Gasteiger partial charge is 0.348 e. The van der Waals surface area contributed by atoms with E-state index in [1.165, 1.54) is 11.6 Å². The lowest BCUT2D eigenvalue weighted by molar-refractivity contribution is -0.384. The normalized spacial score (nSPS) is 15.5. The van der Waals surface area contributed by atoms with Crippen LogP contribution in [0.4, 0.5) is 11.4 Å². The number of anilines is 1. The first-order valence-corrected chi connectivity index (χ1v) is 10.5. The lowest BCUT2D eigenvalue weighted by atomic mass is 9.99. The van der Waals surface area contributed by atoms with Gasteiger partial charge in [-0.2, -0.15) is 0 Å². The van der Waals surface area contributed by atoms with Crippen LogP contribution in [0.15, 0.2) is 60.8 Å². The number of nitro groups is 1. The monoisotopic (exact) mass is 420 g/mol. The SMILES string of the molecule is CCc1cccc(C)c1NC(=S)N1CCn2cccc2[C@H]1c1cccc([N+](=O)[O-])c1. The van der Waals surface area contributed by atoms with E-state index >= 15 is 0 Å². The standard InChI is InChI=1S/C23H24N4O2S/c1-3-17-8-4-7-16(2)21(17)24-23(30)26-14-13-25-12-6-11-20(25)22(26)18-9-5-10-19(15-18)27(28)29/h4-12,15,22H,3,13-14H2,1-2H3,(H,24,30)/t22-/m1/s1. The van der Waals surface area contributed by atoms with Crippen molar-refractivity contribution >= 4 is 28.7 Å². The Morgan fingerprint density at radius 1 is 1.20 bits per heavy atom. The van der Waals surface area contributed by atoms with Crippen LogP contribution in [0.3, 0.4) is 0 Å². The highest BCUT2D eigenvalue weighted by Gasteiger charge is 2.31. The topological polar surface area (TPSA) is 63.3 Å². The number of non-ortho nitro benzene ring substituents is 1. The van der Waals surface area contributed by atoms with Crippen molar-refractivity contribution < 1.29 is 4.92 Å². The number of hydrogen-bond acceptors (Lipinski definition) is 3. The van der Waals surface area contributed by atoms with Crippen molar-refractivity contribution in [2.24, 2.45) is 0 Å². The van der Waals surface area contributed by atoms with Gasteiger partial charge in [0, 0.05) is 42.8 Å². The van der Waals surface area contributed by atoms with Gasteiger partial charge in [0.2, 0.25) is 0 Å². The van der Waals surface area contributed by atoms with Crippen LogP contribution in [0.25, 0.3) is 0 Å². The number of para-hydroxylation sites is 1. The summed E-state index contributed by atoms with van der Waals surface area (Å²) >= 11 is 5.86. The molecule has 30 heavy (non-hydrogen) atoms. The van der Waals surface area contributed by atoms with E-state index in [9.17, 15) is 10.1 Å². The Hall–Kier alpha value is -3.19. The number of aryl methyl sites for hydroxylation is 2. The van der Waals surface area contributed by atoms with E-state index in [2.05, 4.69) is 52.9 Å². The minimum absolute atomic E-state index is 0.0854. The number of rotatable bonds is 4. The number of benzene rings is 2. The second-order valence-electron chi connectivity index (χ2n) is 7.47. The molecule has 0 bridgehead atoms. The molecule has 2 heterocycles. The maximum atomic E-state index is 11.3. The first-order valence-electron chi connectivity index (χ1n) is 10.0. The molecule has 1 aliphatic heterocycles. The summed E-state index contributed by atoms with van der Waals surface area (Å²) in [6.45, 7) is 5.73. The van der Waals surface area contributed by atoms with Crippen molar-refractivity contribution in [3.63, 3.8) is 0 Å². The molecule has 0 fully saturated rings. The zero-order valence-electron chi connectivity index (χ0n) is 17.0. The molecular formula is C23H24N4O2S. The van der Waals surface area contributed by atoms with E-state index in [1.807, 2.05) is 18.3 Å². The van der Waals surface area contributed by atoms with Crippen LogP contribution < -0.4 is 5.32 Å². The van der Waals surface area contributed by atoms with Crippen molar-refractivity contribution in [2.45, 2.75) is 32.9 Å². The minimum atomic E-state index is -0.354. The van der Waals surface area contributed by atoms with Gasteiger partial charge in [0.1, 0.15) is 0 Å². The van der Waals surface area contributed by atoms with Crippen LogP contribution in [0, 0.1) is 17.0 Å². The Bertz CT molecular complexity index is 1110. The summed E-state index contributed by atoms with van der Waals surface area (Å²) < 4.78 is 2.19. The van der Waals surface area contributed by atoms with Gasteiger partial charge < -0.3 is 14.8 Å². The fraction of sp³-hybridized carbons (Fsp3) is 0.261. The molecule has 0 spiro atoms. The fourth-order valence-electron chi connectivity index (χ4n) is 4.14. The average Bonchev–Trinajstić information content (AvgIpc) is 3.23. The smallest absolute Gasteiger partial charge is 0.269 e. The van der Waals surface area contributed by atoms with E-state index in [4.69, 9.17) is 12.2 Å². The molecule has 2 aromatic carbocycles. The second kappa shape index (κ2) is 8.28. The number of nitrogens with one attached hydrogen (secondary N) is 1.